The van der Waals surface area contributed by atoms with Crippen LogP contribution in [0.2, 0.25) is 0 Å². The Labute approximate surface area is 227 Å². The molecule has 1 aromatic heterocycles. The second kappa shape index (κ2) is 11.8. The highest BCUT2D eigenvalue weighted by atomic mass is 32.2. The van der Waals surface area contributed by atoms with Crippen LogP contribution in [0.25, 0.3) is 17.1 Å². The standard InChI is InChI=1S/C29H31N5OS2/c1-20-6-14-24(15-7-20)34-27(22-10-12-23(13-11-22)29(2,3)4)32-33-28(34)37-19-26(35)31-30-18-21-8-16-25(36-5)17-9-21/h6-18H,19H2,1-5H3,(H,31,35). The zero-order valence-electron chi connectivity index (χ0n) is 21.7. The molecule has 0 unspecified atom stereocenters. The zero-order chi connectivity index (χ0) is 26.4. The van der Waals surface area contributed by atoms with Crippen LogP contribution in [-0.4, -0.2) is 38.9 Å². The average molecular weight is 530 g/mol. The maximum Gasteiger partial charge on any atom is 0.250 e. The van der Waals surface area contributed by atoms with Crippen LogP contribution in [0.3, 0.4) is 0 Å². The quantitative estimate of drug-likeness (QED) is 0.160. The predicted octanol–water partition coefficient (Wildman–Crippen LogP) is 6.50. The van der Waals surface area contributed by atoms with E-state index in [1.54, 1.807) is 18.0 Å². The third kappa shape index (κ3) is 6.90. The fourth-order valence-electron chi connectivity index (χ4n) is 3.63. The minimum absolute atomic E-state index is 0.0675. The lowest BCUT2D eigenvalue weighted by Gasteiger charge is -2.19. The van der Waals surface area contributed by atoms with Crippen molar-refractivity contribution in [2.45, 2.75) is 43.2 Å². The van der Waals surface area contributed by atoms with Crippen molar-refractivity contribution in [2.75, 3.05) is 12.0 Å². The van der Waals surface area contributed by atoms with Crippen molar-refractivity contribution in [1.82, 2.24) is 20.2 Å². The third-order valence-corrected chi connectivity index (χ3v) is 7.46. The van der Waals surface area contributed by atoms with Crippen LogP contribution < -0.4 is 5.43 Å². The van der Waals surface area contributed by atoms with E-state index in [9.17, 15) is 4.79 Å². The smallest absolute Gasteiger partial charge is 0.250 e. The van der Waals surface area contributed by atoms with Crippen LogP contribution in [0.1, 0.15) is 37.5 Å². The predicted molar refractivity (Wildman–Crippen MR) is 155 cm³/mol. The van der Waals surface area contributed by atoms with Crippen LogP contribution in [-0.2, 0) is 10.2 Å². The normalized spacial score (nSPS) is 11.7. The van der Waals surface area contributed by atoms with Gasteiger partial charge in [-0.25, -0.2) is 5.43 Å². The number of rotatable bonds is 8. The molecule has 1 amide bonds. The molecule has 0 spiro atoms. The Bertz CT molecular complexity index is 1370. The summed E-state index contributed by atoms with van der Waals surface area (Å²) in [5, 5.41) is 13.7. The van der Waals surface area contributed by atoms with Gasteiger partial charge in [0.05, 0.1) is 12.0 Å². The molecule has 4 rings (SSSR count). The summed E-state index contributed by atoms with van der Waals surface area (Å²) in [6.45, 7) is 8.64. The van der Waals surface area contributed by atoms with E-state index in [1.165, 1.54) is 27.8 Å². The molecule has 0 aliphatic rings. The number of nitrogens with one attached hydrogen (secondary N) is 1. The first-order valence-electron chi connectivity index (χ1n) is 12.0. The van der Waals surface area contributed by atoms with Crippen molar-refractivity contribution in [3.05, 3.63) is 89.5 Å². The Morgan fingerprint density at radius 3 is 2.27 bits per heavy atom. The summed E-state index contributed by atoms with van der Waals surface area (Å²) >= 11 is 3.01. The van der Waals surface area contributed by atoms with Gasteiger partial charge < -0.3 is 0 Å². The number of hydrogen-bond donors (Lipinski definition) is 1. The summed E-state index contributed by atoms with van der Waals surface area (Å²) in [7, 11) is 0. The van der Waals surface area contributed by atoms with Crippen LogP contribution in [0.4, 0.5) is 0 Å². The van der Waals surface area contributed by atoms with E-state index in [4.69, 9.17) is 0 Å². The number of hydrazone groups is 1. The van der Waals surface area contributed by atoms with E-state index in [-0.39, 0.29) is 17.1 Å². The van der Waals surface area contributed by atoms with E-state index < -0.39 is 0 Å². The van der Waals surface area contributed by atoms with Gasteiger partial charge in [-0.1, -0.05) is 86.6 Å². The van der Waals surface area contributed by atoms with Crippen LogP contribution in [0.5, 0.6) is 0 Å². The van der Waals surface area contributed by atoms with Gasteiger partial charge in [-0.15, -0.1) is 22.0 Å². The topological polar surface area (TPSA) is 72.2 Å². The van der Waals surface area contributed by atoms with Gasteiger partial charge in [-0.2, -0.15) is 5.10 Å². The monoisotopic (exact) mass is 529 g/mol. The highest BCUT2D eigenvalue weighted by Gasteiger charge is 2.19. The SMILES string of the molecule is CSc1ccc(C=NNC(=O)CSc2nnc(-c3ccc(C(C)(C)C)cc3)n2-c2ccc(C)cc2)cc1. The zero-order valence-corrected chi connectivity index (χ0v) is 23.4. The van der Waals surface area contributed by atoms with Gasteiger partial charge >= 0.3 is 0 Å². The van der Waals surface area contributed by atoms with Crippen LogP contribution >= 0.6 is 23.5 Å². The van der Waals surface area contributed by atoms with Gasteiger partial charge in [0.2, 0.25) is 0 Å². The summed E-state index contributed by atoms with van der Waals surface area (Å²) in [6.07, 6.45) is 3.67. The van der Waals surface area contributed by atoms with Gasteiger partial charge in [-0.05, 0) is 54.0 Å². The molecule has 0 radical (unpaired) electrons. The summed E-state index contributed by atoms with van der Waals surface area (Å²) < 4.78 is 2.00. The minimum Gasteiger partial charge on any atom is -0.272 e. The maximum atomic E-state index is 12.5. The Hall–Kier alpha value is -3.36. The van der Waals surface area contributed by atoms with Crippen molar-refractivity contribution in [3.63, 3.8) is 0 Å². The van der Waals surface area contributed by atoms with Gasteiger partial charge in [0.15, 0.2) is 11.0 Å². The summed E-state index contributed by atoms with van der Waals surface area (Å²) in [6, 6.07) is 24.6. The van der Waals surface area contributed by atoms with Gasteiger partial charge in [0.25, 0.3) is 5.91 Å². The van der Waals surface area contributed by atoms with Crippen LogP contribution in [0, 0.1) is 6.92 Å². The number of aromatic nitrogens is 3. The number of hydrogen-bond acceptors (Lipinski definition) is 6. The van der Waals surface area contributed by atoms with Gasteiger partial charge in [-0.3, -0.25) is 9.36 Å². The molecule has 8 heteroatoms. The molecule has 0 aliphatic carbocycles. The third-order valence-electron chi connectivity index (χ3n) is 5.79. The van der Waals surface area contributed by atoms with Crippen LogP contribution in [0.15, 0.2) is 87.9 Å². The van der Waals surface area contributed by atoms with Crippen molar-refractivity contribution >= 4 is 35.6 Å². The van der Waals surface area contributed by atoms with E-state index >= 15 is 0 Å². The maximum absolute atomic E-state index is 12.5. The first kappa shape index (κ1) is 26.7. The molecule has 0 atom stereocenters. The molecular formula is C29H31N5OS2. The summed E-state index contributed by atoms with van der Waals surface area (Å²) in [5.41, 5.74) is 7.93. The summed E-state index contributed by atoms with van der Waals surface area (Å²) in [5.74, 6) is 0.686. The lowest BCUT2D eigenvalue weighted by molar-refractivity contribution is -0.118. The first-order valence-corrected chi connectivity index (χ1v) is 14.2. The van der Waals surface area contributed by atoms with E-state index in [0.717, 1.165) is 22.6 Å². The lowest BCUT2D eigenvalue weighted by atomic mass is 9.87. The van der Waals surface area contributed by atoms with Crippen molar-refractivity contribution in [1.29, 1.82) is 0 Å². The van der Waals surface area contributed by atoms with Crippen molar-refractivity contribution in [3.8, 4) is 17.1 Å². The molecule has 4 aromatic rings. The first-order chi connectivity index (χ1) is 17.7. The number of aryl methyl sites for hydroxylation is 1. The highest BCUT2D eigenvalue weighted by Crippen LogP contribution is 2.30. The van der Waals surface area contributed by atoms with Gasteiger partial charge in [0.1, 0.15) is 0 Å². The molecule has 0 saturated carbocycles. The number of amides is 1. The largest absolute Gasteiger partial charge is 0.272 e. The molecule has 0 fully saturated rings. The minimum atomic E-state index is -0.212. The second-order valence-corrected chi connectivity index (χ2v) is 11.5. The molecule has 0 saturated heterocycles. The number of nitrogens with zero attached hydrogens (tertiary/aromatic N) is 4. The van der Waals surface area contributed by atoms with E-state index in [0.29, 0.717) is 5.16 Å². The molecular weight excluding hydrogens is 498 g/mol. The fourth-order valence-corrected chi connectivity index (χ4v) is 4.78. The molecule has 190 valence electrons. The Morgan fingerprint density at radius 1 is 0.973 bits per heavy atom. The second-order valence-electron chi connectivity index (χ2n) is 9.66. The molecule has 3 aromatic carbocycles. The highest BCUT2D eigenvalue weighted by molar-refractivity contribution is 7.99. The Balaban J connectivity index is 1.51. The number of benzene rings is 3. The Morgan fingerprint density at radius 2 is 1.65 bits per heavy atom. The number of carbonyl (C=O) groups excluding carboxylic acids is 1. The summed E-state index contributed by atoms with van der Waals surface area (Å²) in [4.78, 5) is 13.7. The lowest BCUT2D eigenvalue weighted by Crippen LogP contribution is -2.20. The van der Waals surface area contributed by atoms with Gasteiger partial charge in [0, 0.05) is 16.1 Å². The number of thioether (sulfide) groups is 2. The van der Waals surface area contributed by atoms with E-state index in [1.807, 2.05) is 47.2 Å². The van der Waals surface area contributed by atoms with Crippen molar-refractivity contribution < 1.29 is 4.79 Å². The molecule has 37 heavy (non-hydrogen) atoms. The molecule has 1 heterocycles. The van der Waals surface area contributed by atoms with E-state index in [2.05, 4.69) is 84.8 Å². The van der Waals surface area contributed by atoms with Crippen molar-refractivity contribution in [2.24, 2.45) is 5.10 Å². The molecule has 0 aliphatic heterocycles. The molecule has 6 nitrogen and oxygen atoms in total. The fraction of sp³-hybridized carbons (Fsp3) is 0.241. The average Bonchev–Trinajstić information content (AvgIpc) is 3.32. The molecule has 1 N–H and O–H groups in total. The Kier molecular flexibility index (Phi) is 8.51. The molecule has 0 bridgehead atoms. The number of carbonyl (C=O) groups is 1.